The highest BCUT2D eigenvalue weighted by atomic mass is 32.1. The molecule has 0 bridgehead atoms. The third kappa shape index (κ3) is 3.00. The van der Waals surface area contributed by atoms with Crippen LogP contribution in [0.25, 0.3) is 0 Å². The molecule has 1 heterocycles. The molecule has 0 aliphatic heterocycles. The van der Waals surface area contributed by atoms with Crippen molar-refractivity contribution in [1.29, 1.82) is 0 Å². The van der Waals surface area contributed by atoms with Crippen LogP contribution in [-0.2, 0) is 6.54 Å². The predicted octanol–water partition coefficient (Wildman–Crippen LogP) is 2.45. The fourth-order valence-electron chi connectivity index (χ4n) is 1.71. The van der Waals surface area contributed by atoms with Gasteiger partial charge in [-0.25, -0.2) is 4.98 Å². The van der Waals surface area contributed by atoms with Crippen LogP contribution in [0.15, 0.2) is 29.8 Å². The molecule has 0 amide bonds. The summed E-state index contributed by atoms with van der Waals surface area (Å²) >= 11 is 1.64. The molecule has 18 heavy (non-hydrogen) atoms. The van der Waals surface area contributed by atoms with Crippen molar-refractivity contribution in [3.8, 4) is 11.5 Å². The van der Waals surface area contributed by atoms with E-state index < -0.39 is 0 Å². The van der Waals surface area contributed by atoms with Gasteiger partial charge >= 0.3 is 0 Å². The van der Waals surface area contributed by atoms with Crippen molar-refractivity contribution in [3.63, 3.8) is 0 Å². The van der Waals surface area contributed by atoms with Gasteiger partial charge < -0.3 is 15.5 Å². The summed E-state index contributed by atoms with van der Waals surface area (Å²) in [6.45, 7) is 3.41. The molecule has 1 aromatic heterocycles. The van der Waals surface area contributed by atoms with Crippen LogP contribution in [0.1, 0.15) is 23.4 Å². The minimum Gasteiger partial charge on any atom is -0.504 e. The van der Waals surface area contributed by atoms with Gasteiger partial charge in [-0.15, -0.1) is 11.3 Å². The number of nitrogens with one attached hydrogen (secondary N) is 1. The Labute approximate surface area is 110 Å². The molecule has 3 N–H and O–H groups in total. The van der Waals surface area contributed by atoms with Gasteiger partial charge in [0.25, 0.3) is 0 Å². The van der Waals surface area contributed by atoms with Crippen LogP contribution in [0.2, 0.25) is 0 Å². The molecule has 1 atom stereocenters. The average Bonchev–Trinajstić information content (AvgIpc) is 2.88. The Bertz CT molecular complexity index is 500. The first kappa shape index (κ1) is 12.9. The van der Waals surface area contributed by atoms with E-state index in [4.69, 9.17) is 0 Å². The summed E-state index contributed by atoms with van der Waals surface area (Å²) in [5.74, 6) is 0.207. The molecule has 0 aliphatic rings. The van der Waals surface area contributed by atoms with Gasteiger partial charge in [0, 0.05) is 36.1 Å². The van der Waals surface area contributed by atoms with Crippen LogP contribution in [0.4, 0.5) is 0 Å². The number of benzene rings is 1. The highest BCUT2D eigenvalue weighted by molar-refractivity contribution is 7.09. The Morgan fingerprint density at radius 3 is 2.94 bits per heavy atom. The van der Waals surface area contributed by atoms with E-state index in [9.17, 15) is 10.2 Å². The second-order valence-electron chi connectivity index (χ2n) is 4.19. The van der Waals surface area contributed by atoms with Crippen LogP contribution < -0.4 is 5.32 Å². The van der Waals surface area contributed by atoms with Crippen LogP contribution in [0, 0.1) is 0 Å². The smallest absolute Gasteiger partial charge is 0.161 e. The maximum absolute atomic E-state index is 9.65. The van der Waals surface area contributed by atoms with Gasteiger partial charge in [0.2, 0.25) is 0 Å². The van der Waals surface area contributed by atoms with Crippen LogP contribution in [-0.4, -0.2) is 21.7 Å². The van der Waals surface area contributed by atoms with Crippen molar-refractivity contribution in [2.75, 3.05) is 6.54 Å². The Hall–Kier alpha value is -1.59. The summed E-state index contributed by atoms with van der Waals surface area (Å²) in [6, 6.07) is 4.98. The van der Waals surface area contributed by atoms with E-state index in [1.165, 1.54) is 6.07 Å². The van der Waals surface area contributed by atoms with E-state index in [0.29, 0.717) is 18.0 Å². The number of thiazole rings is 1. The number of phenols is 2. The first-order chi connectivity index (χ1) is 8.68. The third-order valence-electron chi connectivity index (χ3n) is 2.74. The molecule has 4 nitrogen and oxygen atoms in total. The normalized spacial score (nSPS) is 12.5. The maximum Gasteiger partial charge on any atom is 0.161 e. The molecule has 5 heteroatoms. The minimum atomic E-state index is -0.0812. The summed E-state index contributed by atoms with van der Waals surface area (Å²) in [4.78, 5) is 4.26. The molecule has 0 spiro atoms. The lowest BCUT2D eigenvalue weighted by molar-refractivity contribution is 0.397. The lowest BCUT2D eigenvalue weighted by Crippen LogP contribution is -2.19. The fourth-order valence-corrected chi connectivity index (χ4v) is 2.41. The lowest BCUT2D eigenvalue weighted by atomic mass is 10.1. The van der Waals surface area contributed by atoms with E-state index in [0.717, 1.165) is 11.6 Å². The second kappa shape index (κ2) is 5.84. The molecule has 1 aromatic carbocycles. The van der Waals surface area contributed by atoms with Crippen LogP contribution in [0.5, 0.6) is 11.5 Å². The zero-order valence-corrected chi connectivity index (χ0v) is 10.9. The van der Waals surface area contributed by atoms with Gasteiger partial charge in [0.15, 0.2) is 11.5 Å². The zero-order valence-electron chi connectivity index (χ0n) is 10.1. The maximum atomic E-state index is 9.65. The molecule has 0 fully saturated rings. The highest BCUT2D eigenvalue weighted by Gasteiger charge is 2.09. The van der Waals surface area contributed by atoms with E-state index in [1.807, 2.05) is 5.38 Å². The van der Waals surface area contributed by atoms with Crippen molar-refractivity contribution in [2.24, 2.45) is 0 Å². The zero-order chi connectivity index (χ0) is 13.0. The number of rotatable bonds is 5. The number of hydrogen-bond acceptors (Lipinski definition) is 5. The Balaban J connectivity index is 1.87. The number of aromatic nitrogens is 1. The molecule has 96 valence electrons. The van der Waals surface area contributed by atoms with E-state index in [1.54, 1.807) is 29.7 Å². The average molecular weight is 264 g/mol. The van der Waals surface area contributed by atoms with E-state index in [-0.39, 0.29) is 11.5 Å². The first-order valence-electron chi connectivity index (χ1n) is 5.78. The molecule has 0 saturated heterocycles. The number of aromatic hydroxyl groups is 2. The predicted molar refractivity (Wildman–Crippen MR) is 72.0 cm³/mol. The van der Waals surface area contributed by atoms with Gasteiger partial charge in [-0.1, -0.05) is 19.1 Å². The first-order valence-corrected chi connectivity index (χ1v) is 6.66. The molecule has 0 saturated carbocycles. The number of phenolic OH excluding ortho intramolecular Hbond substituents is 2. The van der Waals surface area contributed by atoms with Gasteiger partial charge in [0.05, 0.1) is 5.01 Å². The van der Waals surface area contributed by atoms with E-state index in [2.05, 4.69) is 17.2 Å². The Kier molecular flexibility index (Phi) is 4.17. The number of hydrogen-bond donors (Lipinski definition) is 3. The minimum absolute atomic E-state index is 0.0492. The third-order valence-corrected chi connectivity index (χ3v) is 3.74. The Morgan fingerprint density at radius 1 is 1.39 bits per heavy atom. The summed E-state index contributed by atoms with van der Waals surface area (Å²) in [5.41, 5.74) is 0.696. The van der Waals surface area contributed by atoms with Crippen molar-refractivity contribution in [1.82, 2.24) is 10.3 Å². The fraction of sp³-hybridized carbons (Fsp3) is 0.308. The van der Waals surface area contributed by atoms with Crippen molar-refractivity contribution < 1.29 is 10.2 Å². The van der Waals surface area contributed by atoms with Crippen molar-refractivity contribution in [2.45, 2.75) is 19.4 Å². The molecule has 1 unspecified atom stereocenters. The summed E-state index contributed by atoms with van der Waals surface area (Å²) < 4.78 is 0. The summed E-state index contributed by atoms with van der Waals surface area (Å²) in [6.07, 6.45) is 1.80. The standard InChI is InChI=1S/C13H16N2O2S/c1-9(13-15-5-6-18-13)7-14-8-10-3-2-4-11(16)12(10)17/h2-6,9,14,16-17H,7-8H2,1H3. The van der Waals surface area contributed by atoms with Gasteiger partial charge in [-0.3, -0.25) is 0 Å². The van der Waals surface area contributed by atoms with Crippen molar-refractivity contribution >= 4 is 11.3 Å². The largest absolute Gasteiger partial charge is 0.504 e. The summed E-state index contributed by atoms with van der Waals surface area (Å²) in [5, 5.41) is 25.3. The molecule has 2 aromatic rings. The van der Waals surface area contributed by atoms with Crippen LogP contribution >= 0.6 is 11.3 Å². The van der Waals surface area contributed by atoms with Crippen molar-refractivity contribution in [3.05, 3.63) is 40.3 Å². The van der Waals surface area contributed by atoms with Gasteiger partial charge in [-0.2, -0.15) is 0 Å². The number of nitrogens with zero attached hydrogens (tertiary/aromatic N) is 1. The van der Waals surface area contributed by atoms with Gasteiger partial charge in [-0.05, 0) is 6.07 Å². The van der Waals surface area contributed by atoms with Crippen LogP contribution in [0.3, 0.4) is 0 Å². The molecule has 0 radical (unpaired) electrons. The lowest BCUT2D eigenvalue weighted by Gasteiger charge is -2.11. The second-order valence-corrected chi connectivity index (χ2v) is 5.11. The highest BCUT2D eigenvalue weighted by Crippen LogP contribution is 2.28. The number of para-hydroxylation sites is 1. The molecular weight excluding hydrogens is 248 g/mol. The SMILES string of the molecule is CC(CNCc1cccc(O)c1O)c1nccs1. The summed E-state index contributed by atoms with van der Waals surface area (Å²) in [7, 11) is 0. The monoisotopic (exact) mass is 264 g/mol. The van der Waals surface area contributed by atoms with E-state index >= 15 is 0 Å². The molecule has 2 rings (SSSR count). The quantitative estimate of drug-likeness (QED) is 0.726. The van der Waals surface area contributed by atoms with Gasteiger partial charge in [0.1, 0.15) is 0 Å². The topological polar surface area (TPSA) is 65.4 Å². The molecule has 0 aliphatic carbocycles. The molecular formula is C13H16N2O2S. The Morgan fingerprint density at radius 2 is 2.22 bits per heavy atom.